The van der Waals surface area contributed by atoms with E-state index in [0.717, 1.165) is 28.6 Å². The number of para-hydroxylation sites is 1. The number of methoxy groups -OCH3 is 1. The third-order valence-electron chi connectivity index (χ3n) is 2.70. The molecule has 102 valence electrons. The maximum absolute atomic E-state index is 5.37. The number of hydrogen-bond acceptors (Lipinski definition) is 4. The molecule has 0 fully saturated rings. The van der Waals surface area contributed by atoms with Gasteiger partial charge < -0.3 is 10.1 Å². The molecule has 0 aliphatic rings. The van der Waals surface area contributed by atoms with Crippen molar-refractivity contribution in [3.63, 3.8) is 0 Å². The zero-order chi connectivity index (χ0) is 13.9. The molecule has 0 aliphatic heterocycles. The van der Waals surface area contributed by atoms with Crippen molar-refractivity contribution in [3.8, 4) is 17.0 Å². The van der Waals surface area contributed by atoms with Crippen molar-refractivity contribution in [3.05, 3.63) is 34.7 Å². The molecule has 0 radical (unpaired) electrons. The van der Waals surface area contributed by atoms with Gasteiger partial charge in [-0.2, -0.15) is 0 Å². The van der Waals surface area contributed by atoms with Crippen LogP contribution in [0.25, 0.3) is 11.3 Å². The summed E-state index contributed by atoms with van der Waals surface area (Å²) in [6.45, 7) is 7.26. The fourth-order valence-corrected chi connectivity index (χ4v) is 2.45. The predicted molar refractivity (Wildman–Crippen MR) is 80.7 cm³/mol. The van der Waals surface area contributed by atoms with Crippen LogP contribution in [0.3, 0.4) is 0 Å². The third-order valence-corrected chi connectivity index (χ3v) is 3.55. The van der Waals surface area contributed by atoms with Crippen LogP contribution in [0.5, 0.6) is 5.75 Å². The van der Waals surface area contributed by atoms with E-state index in [0.29, 0.717) is 0 Å². The van der Waals surface area contributed by atoms with E-state index in [4.69, 9.17) is 4.74 Å². The van der Waals surface area contributed by atoms with Gasteiger partial charge in [-0.05, 0) is 32.9 Å². The van der Waals surface area contributed by atoms with Gasteiger partial charge in [-0.15, -0.1) is 11.3 Å². The normalized spacial score (nSPS) is 11.6. The monoisotopic (exact) mass is 276 g/mol. The quantitative estimate of drug-likeness (QED) is 0.924. The molecule has 0 amide bonds. The zero-order valence-corrected chi connectivity index (χ0v) is 12.7. The summed E-state index contributed by atoms with van der Waals surface area (Å²) in [7, 11) is 1.69. The molecular formula is C15H20N2OS. The number of nitrogens with zero attached hydrogens (tertiary/aromatic N) is 1. The van der Waals surface area contributed by atoms with Gasteiger partial charge in [0.25, 0.3) is 0 Å². The average Bonchev–Trinajstić information content (AvgIpc) is 2.84. The lowest BCUT2D eigenvalue weighted by molar-refractivity contribution is 0.416. The second-order valence-electron chi connectivity index (χ2n) is 5.43. The van der Waals surface area contributed by atoms with Crippen molar-refractivity contribution in [2.75, 3.05) is 7.11 Å². The Balaban J connectivity index is 2.17. The first-order valence-corrected chi connectivity index (χ1v) is 7.20. The van der Waals surface area contributed by atoms with Gasteiger partial charge in [0.1, 0.15) is 10.8 Å². The second-order valence-corrected chi connectivity index (χ2v) is 6.37. The van der Waals surface area contributed by atoms with E-state index >= 15 is 0 Å². The van der Waals surface area contributed by atoms with E-state index in [-0.39, 0.29) is 5.54 Å². The number of nitrogens with one attached hydrogen (secondary N) is 1. The summed E-state index contributed by atoms with van der Waals surface area (Å²) >= 11 is 1.68. The second kappa shape index (κ2) is 5.72. The molecule has 0 spiro atoms. The molecule has 0 unspecified atom stereocenters. The molecule has 1 heterocycles. The molecule has 0 aliphatic carbocycles. The Kier molecular flexibility index (Phi) is 4.22. The lowest BCUT2D eigenvalue weighted by Crippen LogP contribution is -2.34. The predicted octanol–water partition coefficient (Wildman–Crippen LogP) is 3.71. The molecule has 0 atom stereocenters. The molecule has 19 heavy (non-hydrogen) atoms. The summed E-state index contributed by atoms with van der Waals surface area (Å²) in [6, 6.07) is 7.97. The Labute approximate surface area is 118 Å². The molecule has 2 rings (SSSR count). The lowest BCUT2D eigenvalue weighted by atomic mass is 10.1. The van der Waals surface area contributed by atoms with Crippen molar-refractivity contribution in [2.24, 2.45) is 0 Å². The molecule has 1 N–H and O–H groups in total. The molecule has 0 bridgehead atoms. The van der Waals surface area contributed by atoms with Gasteiger partial charge in [0, 0.05) is 23.0 Å². The van der Waals surface area contributed by atoms with Crippen molar-refractivity contribution in [1.29, 1.82) is 0 Å². The summed E-state index contributed by atoms with van der Waals surface area (Å²) in [5.74, 6) is 0.864. The number of rotatable bonds is 4. The van der Waals surface area contributed by atoms with Gasteiger partial charge in [0.05, 0.1) is 12.8 Å². The molecule has 1 aromatic heterocycles. The van der Waals surface area contributed by atoms with E-state index in [2.05, 4.69) is 36.5 Å². The highest BCUT2D eigenvalue weighted by molar-refractivity contribution is 7.09. The van der Waals surface area contributed by atoms with Crippen molar-refractivity contribution >= 4 is 11.3 Å². The Bertz CT molecular complexity index is 543. The maximum Gasteiger partial charge on any atom is 0.128 e. The van der Waals surface area contributed by atoms with Crippen LogP contribution in [0.15, 0.2) is 29.6 Å². The Hall–Kier alpha value is -1.39. The van der Waals surface area contributed by atoms with Gasteiger partial charge in [-0.25, -0.2) is 4.98 Å². The summed E-state index contributed by atoms with van der Waals surface area (Å²) in [5.41, 5.74) is 2.13. The number of hydrogen-bond donors (Lipinski definition) is 1. The van der Waals surface area contributed by atoms with E-state index in [1.54, 1.807) is 18.4 Å². The molecule has 0 saturated carbocycles. The van der Waals surface area contributed by atoms with Crippen LogP contribution < -0.4 is 10.1 Å². The summed E-state index contributed by atoms with van der Waals surface area (Å²) in [4.78, 5) is 4.67. The van der Waals surface area contributed by atoms with Crippen LogP contribution in [-0.2, 0) is 6.54 Å². The first-order valence-electron chi connectivity index (χ1n) is 6.32. The van der Waals surface area contributed by atoms with Crippen LogP contribution in [-0.4, -0.2) is 17.6 Å². The van der Waals surface area contributed by atoms with Crippen LogP contribution in [0.4, 0.5) is 0 Å². The average molecular weight is 276 g/mol. The van der Waals surface area contributed by atoms with Crippen LogP contribution in [0.2, 0.25) is 0 Å². The minimum Gasteiger partial charge on any atom is -0.496 e. The first-order chi connectivity index (χ1) is 8.99. The number of benzene rings is 1. The fourth-order valence-electron chi connectivity index (χ4n) is 1.71. The summed E-state index contributed by atoms with van der Waals surface area (Å²) in [5, 5.41) is 6.62. The van der Waals surface area contributed by atoms with E-state index < -0.39 is 0 Å². The molecule has 1 aromatic carbocycles. The number of ether oxygens (including phenoxy) is 1. The van der Waals surface area contributed by atoms with Crippen LogP contribution in [0, 0.1) is 0 Å². The van der Waals surface area contributed by atoms with Gasteiger partial charge >= 0.3 is 0 Å². The third kappa shape index (κ3) is 3.78. The highest BCUT2D eigenvalue weighted by Crippen LogP contribution is 2.30. The van der Waals surface area contributed by atoms with Crippen molar-refractivity contribution < 1.29 is 4.74 Å². The Morgan fingerprint density at radius 2 is 2.00 bits per heavy atom. The van der Waals surface area contributed by atoms with Crippen molar-refractivity contribution in [2.45, 2.75) is 32.9 Å². The van der Waals surface area contributed by atoms with Crippen molar-refractivity contribution in [1.82, 2.24) is 10.3 Å². The largest absolute Gasteiger partial charge is 0.496 e. The highest BCUT2D eigenvalue weighted by Gasteiger charge is 2.12. The van der Waals surface area contributed by atoms with E-state index in [1.807, 2.05) is 24.3 Å². The molecule has 3 nitrogen and oxygen atoms in total. The minimum atomic E-state index is 0.107. The maximum atomic E-state index is 5.37. The number of thiazole rings is 1. The molecular weight excluding hydrogens is 256 g/mol. The van der Waals surface area contributed by atoms with Crippen LogP contribution >= 0.6 is 11.3 Å². The Morgan fingerprint density at radius 1 is 1.26 bits per heavy atom. The zero-order valence-electron chi connectivity index (χ0n) is 11.9. The Morgan fingerprint density at radius 3 is 2.68 bits per heavy atom. The fraction of sp³-hybridized carbons (Fsp3) is 0.400. The lowest BCUT2D eigenvalue weighted by Gasteiger charge is -2.19. The highest BCUT2D eigenvalue weighted by atomic mass is 32.1. The number of aromatic nitrogens is 1. The summed E-state index contributed by atoms with van der Waals surface area (Å²) in [6.07, 6.45) is 0. The SMILES string of the molecule is COc1ccccc1-c1csc(CNC(C)(C)C)n1. The molecule has 4 heteroatoms. The topological polar surface area (TPSA) is 34.1 Å². The standard InChI is InChI=1S/C15H20N2OS/c1-15(2,3)16-9-14-17-12(10-19-14)11-7-5-6-8-13(11)18-4/h5-8,10,16H,9H2,1-4H3. The van der Waals surface area contributed by atoms with Gasteiger partial charge in [0.2, 0.25) is 0 Å². The molecule has 2 aromatic rings. The first kappa shape index (κ1) is 14.0. The van der Waals surface area contributed by atoms with Gasteiger partial charge in [-0.1, -0.05) is 12.1 Å². The minimum absolute atomic E-state index is 0.107. The summed E-state index contributed by atoms with van der Waals surface area (Å²) < 4.78 is 5.37. The van der Waals surface area contributed by atoms with Gasteiger partial charge in [-0.3, -0.25) is 0 Å². The smallest absolute Gasteiger partial charge is 0.128 e. The molecule has 0 saturated heterocycles. The van der Waals surface area contributed by atoms with Crippen LogP contribution in [0.1, 0.15) is 25.8 Å². The van der Waals surface area contributed by atoms with Gasteiger partial charge in [0.15, 0.2) is 0 Å². The van der Waals surface area contributed by atoms with E-state index in [1.165, 1.54) is 0 Å². The van der Waals surface area contributed by atoms with E-state index in [9.17, 15) is 0 Å².